The molecule has 0 aliphatic rings. The molecule has 0 saturated heterocycles. The van der Waals surface area contributed by atoms with E-state index in [1.807, 2.05) is 0 Å². The lowest BCUT2D eigenvalue weighted by molar-refractivity contribution is -0.144. The van der Waals surface area contributed by atoms with Gasteiger partial charge in [-0.15, -0.1) is 0 Å². The molecule has 0 aromatic rings. The molecule has 18 heteroatoms. The Morgan fingerprint density at radius 3 is 1.49 bits per heavy atom. The first-order valence-electron chi connectivity index (χ1n) is 15.3. The lowest BCUT2D eigenvalue weighted by Gasteiger charge is -2.29. The van der Waals surface area contributed by atoms with Crippen LogP contribution in [0.3, 0.4) is 0 Å². The smallest absolute Gasteiger partial charge is 0.326 e. The van der Waals surface area contributed by atoms with Gasteiger partial charge in [0.25, 0.3) is 0 Å². The Kier molecular flexibility index (Phi) is 18.2. The molecule has 18 nitrogen and oxygen atoms in total. The number of nitrogens with two attached hydrogens (primary N) is 2. The maximum absolute atomic E-state index is 13.3. The van der Waals surface area contributed by atoms with Gasteiger partial charge in [0.2, 0.25) is 35.4 Å². The third-order valence-electron chi connectivity index (χ3n) is 6.92. The average Bonchev–Trinajstić information content (AvgIpc) is 2.93. The Balaban J connectivity index is 5.98. The first-order valence-corrected chi connectivity index (χ1v) is 15.3. The highest BCUT2D eigenvalue weighted by Gasteiger charge is 2.36. The number of rotatable bonds is 21. The number of hydrogen-bond donors (Lipinski definition) is 10. The highest BCUT2D eigenvalue weighted by Crippen LogP contribution is 2.10. The Labute approximate surface area is 273 Å². The lowest BCUT2D eigenvalue weighted by atomic mass is 10.00. The Morgan fingerprint density at radius 2 is 1.06 bits per heavy atom. The van der Waals surface area contributed by atoms with E-state index in [4.69, 9.17) is 16.6 Å². The lowest BCUT2D eigenvalue weighted by Crippen LogP contribution is -2.62. The van der Waals surface area contributed by atoms with Crippen molar-refractivity contribution in [1.29, 1.82) is 0 Å². The third-order valence-corrected chi connectivity index (χ3v) is 6.92. The van der Waals surface area contributed by atoms with Crippen molar-refractivity contribution in [2.75, 3.05) is 0 Å². The zero-order chi connectivity index (χ0) is 36.8. The molecule has 6 amide bonds. The molecule has 0 aromatic carbocycles. The van der Waals surface area contributed by atoms with Gasteiger partial charge in [-0.05, 0) is 37.5 Å². The summed E-state index contributed by atoms with van der Waals surface area (Å²) in [6, 6.07) is -8.39. The molecule has 0 aliphatic carbocycles. The van der Waals surface area contributed by atoms with Crippen molar-refractivity contribution >= 4 is 47.4 Å². The summed E-state index contributed by atoms with van der Waals surface area (Å²) in [5.41, 5.74) is 11.1. The van der Waals surface area contributed by atoms with E-state index in [1.165, 1.54) is 6.92 Å². The normalized spacial score (nSPS) is 15.7. The predicted molar refractivity (Wildman–Crippen MR) is 167 cm³/mol. The molecule has 0 saturated carbocycles. The van der Waals surface area contributed by atoms with Crippen molar-refractivity contribution in [3.05, 3.63) is 0 Å². The van der Waals surface area contributed by atoms with Crippen LogP contribution in [0, 0.1) is 17.8 Å². The fourth-order valence-electron chi connectivity index (χ4n) is 4.27. The van der Waals surface area contributed by atoms with Crippen molar-refractivity contribution in [2.45, 2.75) is 117 Å². The minimum Gasteiger partial charge on any atom is -0.481 e. The molecule has 0 fully saturated rings. The molecular formula is C29H51N7O11. The van der Waals surface area contributed by atoms with Gasteiger partial charge < -0.3 is 53.4 Å². The highest BCUT2D eigenvalue weighted by atomic mass is 16.4. The molecule has 0 spiro atoms. The van der Waals surface area contributed by atoms with E-state index in [9.17, 15) is 48.6 Å². The van der Waals surface area contributed by atoms with Crippen LogP contribution in [0.5, 0.6) is 0 Å². The molecule has 0 heterocycles. The van der Waals surface area contributed by atoms with Crippen LogP contribution in [0.25, 0.3) is 0 Å². The number of aliphatic hydroxyl groups excluding tert-OH is 1. The van der Waals surface area contributed by atoms with Crippen LogP contribution in [0.4, 0.5) is 0 Å². The standard InChI is InChI=1S/C29H51N7O11/c1-12(2)10-17(32-24(41)16(30)8-9-20(39)40)25(42)33-18(11-19(31)38)26(43)34-21(13(3)4)27(44)36-23(15(7)37)28(45)35-22(14(5)6)29(46)47/h12-18,21-23,37H,8-11,30H2,1-7H3,(H2,31,38)(H,32,41)(H,33,42)(H,34,43)(H,35,45)(H,36,44)(H,39,40)(H,46,47)/t15-,16+,17+,18+,21+,22+,23+/m1/s1. The summed E-state index contributed by atoms with van der Waals surface area (Å²) in [7, 11) is 0. The van der Waals surface area contributed by atoms with E-state index in [-0.39, 0.29) is 25.2 Å². The van der Waals surface area contributed by atoms with Gasteiger partial charge in [-0.1, -0.05) is 41.5 Å². The molecule has 0 aromatic heterocycles. The summed E-state index contributed by atoms with van der Waals surface area (Å²) in [6.45, 7) is 10.9. The fraction of sp³-hybridized carbons (Fsp3) is 0.724. The number of carboxylic acids is 2. The zero-order valence-electron chi connectivity index (χ0n) is 27.9. The summed E-state index contributed by atoms with van der Waals surface area (Å²) >= 11 is 0. The number of aliphatic hydroxyl groups is 1. The molecule has 0 unspecified atom stereocenters. The van der Waals surface area contributed by atoms with Crippen LogP contribution < -0.4 is 38.1 Å². The largest absolute Gasteiger partial charge is 0.481 e. The number of nitrogens with one attached hydrogen (secondary N) is 5. The third kappa shape index (κ3) is 15.7. The highest BCUT2D eigenvalue weighted by molar-refractivity contribution is 5.98. The summed E-state index contributed by atoms with van der Waals surface area (Å²) < 4.78 is 0. The minimum absolute atomic E-state index is 0.0769. The van der Waals surface area contributed by atoms with Crippen molar-refractivity contribution in [1.82, 2.24) is 26.6 Å². The van der Waals surface area contributed by atoms with E-state index >= 15 is 0 Å². The van der Waals surface area contributed by atoms with Crippen molar-refractivity contribution in [3.8, 4) is 0 Å². The second-order valence-corrected chi connectivity index (χ2v) is 12.5. The second kappa shape index (κ2) is 20.0. The molecule has 0 aliphatic heterocycles. The number of hydrogen-bond acceptors (Lipinski definition) is 10. The van der Waals surface area contributed by atoms with Crippen molar-refractivity contribution < 1.29 is 53.7 Å². The van der Waals surface area contributed by atoms with Gasteiger partial charge in [-0.25, -0.2) is 4.79 Å². The van der Waals surface area contributed by atoms with E-state index in [2.05, 4.69) is 26.6 Å². The molecule has 12 N–H and O–H groups in total. The van der Waals surface area contributed by atoms with Crippen molar-refractivity contribution in [3.63, 3.8) is 0 Å². The molecular weight excluding hydrogens is 622 g/mol. The van der Waals surface area contributed by atoms with E-state index in [0.717, 1.165) is 0 Å². The van der Waals surface area contributed by atoms with Gasteiger partial charge in [0.15, 0.2) is 0 Å². The summed E-state index contributed by atoms with van der Waals surface area (Å²) in [5.74, 6) is -9.40. The van der Waals surface area contributed by atoms with Crippen molar-refractivity contribution in [2.24, 2.45) is 29.2 Å². The van der Waals surface area contributed by atoms with Crippen LogP contribution in [0.15, 0.2) is 0 Å². The SMILES string of the molecule is CC(C)C[C@H](NC(=O)[C@@H](N)CCC(=O)O)C(=O)N[C@@H](CC(N)=O)C(=O)N[C@H](C(=O)N[C@H](C(=O)N[C@H](C(=O)O)C(C)C)[C@@H](C)O)C(C)C. The minimum atomic E-state index is -1.61. The van der Waals surface area contributed by atoms with Gasteiger partial charge in [0.1, 0.15) is 30.2 Å². The Hall–Kier alpha value is -4.32. The number of carbonyl (C=O) groups is 8. The molecule has 0 radical (unpaired) electrons. The summed E-state index contributed by atoms with van der Waals surface area (Å²) in [5, 5.41) is 40.2. The molecule has 0 rings (SSSR count). The van der Waals surface area contributed by atoms with Gasteiger partial charge in [0.05, 0.1) is 18.6 Å². The predicted octanol–water partition coefficient (Wildman–Crippen LogP) is -2.70. The molecule has 0 bridgehead atoms. The van der Waals surface area contributed by atoms with Crippen LogP contribution in [0.1, 0.15) is 74.1 Å². The van der Waals surface area contributed by atoms with E-state index in [1.54, 1.807) is 41.5 Å². The fourth-order valence-corrected chi connectivity index (χ4v) is 4.27. The van der Waals surface area contributed by atoms with Gasteiger partial charge in [-0.2, -0.15) is 0 Å². The summed E-state index contributed by atoms with van der Waals surface area (Å²) in [6.07, 6.45) is -2.68. The van der Waals surface area contributed by atoms with Crippen LogP contribution in [0.2, 0.25) is 0 Å². The maximum Gasteiger partial charge on any atom is 0.326 e. The maximum atomic E-state index is 13.3. The zero-order valence-corrected chi connectivity index (χ0v) is 27.9. The van der Waals surface area contributed by atoms with Gasteiger partial charge in [-0.3, -0.25) is 33.6 Å². The van der Waals surface area contributed by atoms with Gasteiger partial charge in [0, 0.05) is 6.42 Å². The topological polar surface area (TPSA) is 309 Å². The van der Waals surface area contributed by atoms with Crippen LogP contribution in [-0.4, -0.2) is 105 Å². The Morgan fingerprint density at radius 1 is 0.617 bits per heavy atom. The Bertz CT molecular complexity index is 1140. The first kappa shape index (κ1) is 42.7. The molecule has 47 heavy (non-hydrogen) atoms. The number of aliphatic carboxylic acids is 2. The molecule has 7 atom stereocenters. The number of amides is 6. The number of carbonyl (C=O) groups excluding carboxylic acids is 6. The average molecular weight is 674 g/mol. The van der Waals surface area contributed by atoms with Gasteiger partial charge >= 0.3 is 11.9 Å². The molecule has 268 valence electrons. The monoisotopic (exact) mass is 673 g/mol. The van der Waals surface area contributed by atoms with E-state index in [0.29, 0.717) is 0 Å². The summed E-state index contributed by atoms with van der Waals surface area (Å²) in [4.78, 5) is 99.4. The van der Waals surface area contributed by atoms with E-state index < -0.39 is 108 Å². The first-order chi connectivity index (χ1) is 21.6. The van der Waals surface area contributed by atoms with Crippen LogP contribution in [-0.2, 0) is 38.4 Å². The van der Waals surface area contributed by atoms with Crippen LogP contribution >= 0.6 is 0 Å². The number of carboxylic acid groups (broad SMARTS) is 2. The second-order valence-electron chi connectivity index (χ2n) is 12.5. The quantitative estimate of drug-likeness (QED) is 0.0595. The number of primary amides is 1.